The fourth-order valence-corrected chi connectivity index (χ4v) is 2.04. The first kappa shape index (κ1) is 11.6. The topological polar surface area (TPSA) is 54.6 Å². The third kappa shape index (κ3) is 3.04. The average Bonchev–Trinajstić information content (AvgIpc) is 2.88. The number of nitrogens with zero attached hydrogens (tertiary/aromatic N) is 1. The maximum atomic E-state index is 11.5. The van der Waals surface area contributed by atoms with Crippen LogP contribution in [0.15, 0.2) is 33.8 Å². The van der Waals surface area contributed by atoms with Gasteiger partial charge in [-0.25, -0.2) is 5.43 Å². The number of hydrazone groups is 1. The summed E-state index contributed by atoms with van der Waals surface area (Å²) in [6, 6.07) is 7.31. The Bertz CT molecular complexity index is 554. The molecule has 2 aromatic heterocycles. The molecule has 2 rings (SSSR count). The molecule has 0 aliphatic carbocycles. The van der Waals surface area contributed by atoms with Gasteiger partial charge in [0, 0.05) is 9.75 Å². The van der Waals surface area contributed by atoms with Gasteiger partial charge in [-0.3, -0.25) is 4.79 Å². The summed E-state index contributed by atoms with van der Waals surface area (Å²) in [7, 11) is 0. The zero-order chi connectivity index (χ0) is 12.3. The molecule has 0 bridgehead atoms. The monoisotopic (exact) mass is 248 g/mol. The Hall–Kier alpha value is -1.88. The number of hydrogen-bond donors (Lipinski definition) is 1. The highest BCUT2D eigenvalue weighted by atomic mass is 32.1. The Morgan fingerprint density at radius 1 is 1.35 bits per heavy atom. The van der Waals surface area contributed by atoms with Crippen molar-refractivity contribution in [3.8, 4) is 0 Å². The second-order valence-electron chi connectivity index (χ2n) is 3.56. The first-order chi connectivity index (χ1) is 8.15. The Morgan fingerprint density at radius 2 is 2.18 bits per heavy atom. The minimum Gasteiger partial charge on any atom is -0.456 e. The van der Waals surface area contributed by atoms with Crippen molar-refractivity contribution >= 4 is 23.5 Å². The molecule has 0 atom stereocenters. The Balaban J connectivity index is 1.94. The summed E-state index contributed by atoms with van der Waals surface area (Å²) < 4.78 is 5.17. The number of amides is 1. The van der Waals surface area contributed by atoms with Gasteiger partial charge in [0.2, 0.25) is 0 Å². The third-order valence-electron chi connectivity index (χ3n) is 2.08. The van der Waals surface area contributed by atoms with Crippen molar-refractivity contribution in [2.45, 2.75) is 13.8 Å². The summed E-state index contributed by atoms with van der Waals surface area (Å²) in [6.07, 6.45) is 1.62. The average molecular weight is 248 g/mol. The van der Waals surface area contributed by atoms with Crippen molar-refractivity contribution in [3.63, 3.8) is 0 Å². The van der Waals surface area contributed by atoms with Crippen LogP contribution in [-0.4, -0.2) is 12.1 Å². The van der Waals surface area contributed by atoms with Crippen LogP contribution in [0.25, 0.3) is 0 Å². The van der Waals surface area contributed by atoms with E-state index in [1.807, 2.05) is 19.1 Å². The van der Waals surface area contributed by atoms with Crippen LogP contribution in [0.3, 0.4) is 0 Å². The van der Waals surface area contributed by atoms with Gasteiger partial charge in [0.15, 0.2) is 5.76 Å². The smallest absolute Gasteiger partial charge is 0.307 e. The molecule has 0 radical (unpaired) electrons. The van der Waals surface area contributed by atoms with E-state index in [0.717, 1.165) is 4.88 Å². The zero-order valence-electron chi connectivity index (χ0n) is 9.56. The number of carbonyl (C=O) groups is 1. The fourth-order valence-electron chi connectivity index (χ4n) is 1.29. The summed E-state index contributed by atoms with van der Waals surface area (Å²) in [5.74, 6) is 0.623. The standard InChI is InChI=1S/C12H12N2O2S/c1-8-3-6-11(16-8)12(15)14-13-7-10-5-4-9(2)17-10/h3-7H,1-2H3,(H,14,15). The summed E-state index contributed by atoms with van der Waals surface area (Å²) in [5.41, 5.74) is 2.41. The van der Waals surface area contributed by atoms with Crippen molar-refractivity contribution in [2.24, 2.45) is 5.10 Å². The first-order valence-electron chi connectivity index (χ1n) is 5.11. The highest BCUT2D eigenvalue weighted by Gasteiger charge is 2.07. The van der Waals surface area contributed by atoms with E-state index in [0.29, 0.717) is 5.76 Å². The van der Waals surface area contributed by atoms with Crippen molar-refractivity contribution in [1.29, 1.82) is 0 Å². The quantitative estimate of drug-likeness (QED) is 0.670. The van der Waals surface area contributed by atoms with Gasteiger partial charge in [0.1, 0.15) is 5.76 Å². The number of nitrogens with one attached hydrogen (secondary N) is 1. The normalized spacial score (nSPS) is 10.9. The van der Waals surface area contributed by atoms with Gasteiger partial charge >= 0.3 is 5.91 Å². The molecule has 1 N–H and O–H groups in total. The van der Waals surface area contributed by atoms with Crippen molar-refractivity contribution < 1.29 is 9.21 Å². The number of furan rings is 1. The van der Waals surface area contributed by atoms with Crippen LogP contribution in [0.1, 0.15) is 26.1 Å². The summed E-state index contributed by atoms with van der Waals surface area (Å²) in [5, 5.41) is 3.87. The van der Waals surface area contributed by atoms with Crippen molar-refractivity contribution in [1.82, 2.24) is 5.43 Å². The van der Waals surface area contributed by atoms with Gasteiger partial charge in [-0.2, -0.15) is 5.10 Å². The summed E-state index contributed by atoms with van der Waals surface area (Å²) in [6.45, 7) is 3.81. The molecule has 0 saturated heterocycles. The highest BCUT2D eigenvalue weighted by molar-refractivity contribution is 7.13. The molecule has 17 heavy (non-hydrogen) atoms. The SMILES string of the molecule is Cc1ccc(C(=O)NN=Cc2ccc(C)s2)o1. The molecule has 0 aromatic carbocycles. The van der Waals surface area contributed by atoms with Crippen LogP contribution in [-0.2, 0) is 0 Å². The molecule has 4 nitrogen and oxygen atoms in total. The minimum atomic E-state index is -0.345. The predicted molar refractivity (Wildman–Crippen MR) is 67.6 cm³/mol. The maximum absolute atomic E-state index is 11.5. The Labute approximate surface area is 103 Å². The molecule has 0 aliphatic heterocycles. The van der Waals surface area contributed by atoms with Crippen LogP contribution in [0.4, 0.5) is 0 Å². The molecule has 0 fully saturated rings. The molecule has 0 saturated carbocycles. The lowest BCUT2D eigenvalue weighted by atomic mass is 10.4. The summed E-state index contributed by atoms with van der Waals surface area (Å²) >= 11 is 1.62. The van der Waals surface area contributed by atoms with E-state index >= 15 is 0 Å². The predicted octanol–water partition coefficient (Wildman–Crippen LogP) is 2.72. The molecule has 0 aliphatic rings. The second-order valence-corrected chi connectivity index (χ2v) is 4.88. The Morgan fingerprint density at radius 3 is 2.76 bits per heavy atom. The van der Waals surface area contributed by atoms with E-state index in [1.54, 1.807) is 36.6 Å². The molecular formula is C12H12N2O2S. The van der Waals surface area contributed by atoms with E-state index in [1.165, 1.54) is 4.88 Å². The van der Waals surface area contributed by atoms with E-state index in [2.05, 4.69) is 10.5 Å². The van der Waals surface area contributed by atoms with Crippen molar-refractivity contribution in [3.05, 3.63) is 45.5 Å². The Kier molecular flexibility index (Phi) is 3.39. The van der Waals surface area contributed by atoms with Crippen LogP contribution in [0.2, 0.25) is 0 Å². The number of rotatable bonds is 3. The molecule has 2 heterocycles. The lowest BCUT2D eigenvalue weighted by molar-refractivity contribution is 0.0926. The number of hydrogen-bond acceptors (Lipinski definition) is 4. The number of carbonyl (C=O) groups excluding carboxylic acids is 1. The maximum Gasteiger partial charge on any atom is 0.307 e. The lowest BCUT2D eigenvalue weighted by Crippen LogP contribution is -2.16. The van der Waals surface area contributed by atoms with Crippen LogP contribution in [0.5, 0.6) is 0 Å². The van der Waals surface area contributed by atoms with E-state index < -0.39 is 0 Å². The molecule has 1 amide bonds. The van der Waals surface area contributed by atoms with Gasteiger partial charge in [-0.15, -0.1) is 11.3 Å². The second kappa shape index (κ2) is 4.97. The van der Waals surface area contributed by atoms with Gasteiger partial charge < -0.3 is 4.42 Å². The first-order valence-corrected chi connectivity index (χ1v) is 5.93. The van der Waals surface area contributed by atoms with E-state index in [4.69, 9.17) is 4.42 Å². The molecular weight excluding hydrogens is 236 g/mol. The van der Waals surface area contributed by atoms with Crippen LogP contribution < -0.4 is 5.43 Å². The van der Waals surface area contributed by atoms with E-state index in [-0.39, 0.29) is 11.7 Å². The largest absolute Gasteiger partial charge is 0.456 e. The van der Waals surface area contributed by atoms with Crippen LogP contribution >= 0.6 is 11.3 Å². The van der Waals surface area contributed by atoms with Gasteiger partial charge in [0.25, 0.3) is 0 Å². The molecule has 0 spiro atoms. The number of thiophene rings is 1. The zero-order valence-corrected chi connectivity index (χ0v) is 10.4. The molecule has 0 unspecified atom stereocenters. The van der Waals surface area contributed by atoms with Crippen molar-refractivity contribution in [2.75, 3.05) is 0 Å². The number of aryl methyl sites for hydroxylation is 2. The van der Waals surface area contributed by atoms with Gasteiger partial charge in [0.05, 0.1) is 6.21 Å². The fraction of sp³-hybridized carbons (Fsp3) is 0.167. The van der Waals surface area contributed by atoms with Gasteiger partial charge in [-0.1, -0.05) is 0 Å². The third-order valence-corrected chi connectivity index (χ3v) is 3.02. The molecule has 5 heteroatoms. The summed E-state index contributed by atoms with van der Waals surface area (Å²) in [4.78, 5) is 13.7. The van der Waals surface area contributed by atoms with Gasteiger partial charge in [-0.05, 0) is 38.1 Å². The highest BCUT2D eigenvalue weighted by Crippen LogP contribution is 2.12. The van der Waals surface area contributed by atoms with E-state index in [9.17, 15) is 4.79 Å². The molecule has 88 valence electrons. The van der Waals surface area contributed by atoms with Crippen LogP contribution in [0, 0.1) is 13.8 Å². The molecule has 2 aromatic rings. The minimum absolute atomic E-state index is 0.266. The lowest BCUT2D eigenvalue weighted by Gasteiger charge is -1.94.